The van der Waals surface area contributed by atoms with Gasteiger partial charge < -0.3 is 10.0 Å². The highest BCUT2D eigenvalue weighted by Crippen LogP contribution is 2.30. The number of carboxylic acid groups (broad SMARTS) is 1. The molecule has 1 fully saturated rings. The lowest BCUT2D eigenvalue weighted by Gasteiger charge is -2.37. The van der Waals surface area contributed by atoms with Crippen LogP contribution in [0.5, 0.6) is 0 Å². The van der Waals surface area contributed by atoms with Gasteiger partial charge in [0.05, 0.1) is 11.8 Å². The van der Waals surface area contributed by atoms with E-state index in [2.05, 4.69) is 6.92 Å². The van der Waals surface area contributed by atoms with Crippen molar-refractivity contribution in [2.45, 2.75) is 45.1 Å². The van der Waals surface area contributed by atoms with Crippen LogP contribution in [-0.2, 0) is 9.59 Å². The minimum absolute atomic E-state index is 0.0407. The van der Waals surface area contributed by atoms with E-state index in [1.54, 1.807) is 0 Å². The maximum Gasteiger partial charge on any atom is 0.307 e. The number of piperidine rings is 1. The van der Waals surface area contributed by atoms with E-state index in [1.807, 2.05) is 17.1 Å². The highest BCUT2D eigenvalue weighted by atomic mass is 16.4. The van der Waals surface area contributed by atoms with Gasteiger partial charge in [-0.3, -0.25) is 9.59 Å². The third kappa shape index (κ3) is 2.57. The van der Waals surface area contributed by atoms with Crippen molar-refractivity contribution in [2.24, 2.45) is 11.8 Å². The van der Waals surface area contributed by atoms with Gasteiger partial charge in [0, 0.05) is 12.6 Å². The number of allylic oxidation sites excluding steroid dienone is 2. The zero-order valence-electron chi connectivity index (χ0n) is 10.8. The average Bonchev–Trinajstić information content (AvgIpc) is 2.38. The summed E-state index contributed by atoms with van der Waals surface area (Å²) in [5.41, 5.74) is 0. The largest absolute Gasteiger partial charge is 0.481 e. The Bertz CT molecular complexity index is 364. The van der Waals surface area contributed by atoms with Crippen LogP contribution < -0.4 is 0 Å². The third-order valence-electron chi connectivity index (χ3n) is 4.15. The number of amides is 1. The molecule has 4 nitrogen and oxygen atoms in total. The third-order valence-corrected chi connectivity index (χ3v) is 4.15. The van der Waals surface area contributed by atoms with Crippen LogP contribution in [0, 0.1) is 11.8 Å². The van der Waals surface area contributed by atoms with Crippen LogP contribution in [0.2, 0.25) is 0 Å². The van der Waals surface area contributed by atoms with Crippen molar-refractivity contribution in [1.82, 2.24) is 4.90 Å². The average molecular weight is 251 g/mol. The Morgan fingerprint density at radius 2 is 1.83 bits per heavy atom. The minimum atomic E-state index is -0.845. The van der Waals surface area contributed by atoms with E-state index >= 15 is 0 Å². The quantitative estimate of drug-likeness (QED) is 0.764. The highest BCUT2D eigenvalue weighted by molar-refractivity contribution is 5.85. The van der Waals surface area contributed by atoms with Gasteiger partial charge in [-0.1, -0.05) is 12.2 Å². The van der Waals surface area contributed by atoms with E-state index in [4.69, 9.17) is 0 Å². The van der Waals surface area contributed by atoms with Crippen molar-refractivity contribution < 1.29 is 14.7 Å². The van der Waals surface area contributed by atoms with E-state index in [0.717, 1.165) is 25.8 Å². The zero-order valence-corrected chi connectivity index (χ0v) is 10.8. The van der Waals surface area contributed by atoms with Crippen molar-refractivity contribution in [3.63, 3.8) is 0 Å². The molecule has 1 amide bonds. The summed E-state index contributed by atoms with van der Waals surface area (Å²) in [5, 5.41) is 9.22. The molecule has 0 unspecified atom stereocenters. The first-order valence-corrected chi connectivity index (χ1v) is 6.79. The molecule has 3 atom stereocenters. The van der Waals surface area contributed by atoms with Crippen molar-refractivity contribution in [2.75, 3.05) is 6.54 Å². The number of aliphatic carboxylic acids is 1. The first kappa shape index (κ1) is 13.1. The normalized spacial score (nSPS) is 32.3. The maximum atomic E-state index is 12.5. The Labute approximate surface area is 108 Å². The molecule has 1 saturated heterocycles. The number of rotatable bonds is 2. The number of likely N-dealkylation sites (tertiary alicyclic amines) is 1. The summed E-state index contributed by atoms with van der Waals surface area (Å²) in [7, 11) is 0. The number of hydrogen-bond donors (Lipinski definition) is 1. The Kier molecular flexibility index (Phi) is 4.04. The summed E-state index contributed by atoms with van der Waals surface area (Å²) in [6.07, 6.45) is 8.10. The number of hydrogen-bond acceptors (Lipinski definition) is 2. The highest BCUT2D eigenvalue weighted by Gasteiger charge is 2.37. The molecule has 0 bridgehead atoms. The van der Waals surface area contributed by atoms with Crippen LogP contribution >= 0.6 is 0 Å². The van der Waals surface area contributed by atoms with Crippen LogP contribution in [0.25, 0.3) is 0 Å². The molecule has 4 heteroatoms. The topological polar surface area (TPSA) is 57.6 Å². The Morgan fingerprint density at radius 3 is 2.44 bits per heavy atom. The van der Waals surface area contributed by atoms with Crippen molar-refractivity contribution >= 4 is 11.9 Å². The summed E-state index contributed by atoms with van der Waals surface area (Å²) in [6, 6.07) is 0.256. The van der Waals surface area contributed by atoms with Crippen molar-refractivity contribution in [1.29, 1.82) is 0 Å². The smallest absolute Gasteiger partial charge is 0.307 e. The van der Waals surface area contributed by atoms with Gasteiger partial charge in [0.1, 0.15) is 0 Å². The summed E-state index contributed by atoms with van der Waals surface area (Å²) >= 11 is 0. The Hall–Kier alpha value is -1.32. The molecule has 0 aromatic carbocycles. The standard InChI is InChI=1S/C14H21NO3/c1-10-6-4-5-9-15(10)13(16)11-7-2-3-8-12(11)14(17)18/h2-3,10-12H,4-9H2,1H3,(H,17,18)/t10-,11-,12+/m1/s1. The Balaban J connectivity index is 2.11. The van der Waals surface area contributed by atoms with Gasteiger partial charge >= 0.3 is 5.97 Å². The fourth-order valence-corrected chi connectivity index (χ4v) is 3.00. The maximum absolute atomic E-state index is 12.5. The summed E-state index contributed by atoms with van der Waals surface area (Å²) < 4.78 is 0. The second kappa shape index (κ2) is 5.55. The first-order valence-electron chi connectivity index (χ1n) is 6.79. The monoisotopic (exact) mass is 251 g/mol. The molecular weight excluding hydrogens is 230 g/mol. The fourth-order valence-electron chi connectivity index (χ4n) is 3.00. The lowest BCUT2D eigenvalue weighted by Crippen LogP contribution is -2.47. The molecule has 2 rings (SSSR count). The predicted molar refractivity (Wildman–Crippen MR) is 68.0 cm³/mol. The molecule has 0 aromatic heterocycles. The Morgan fingerprint density at radius 1 is 1.17 bits per heavy atom. The lowest BCUT2D eigenvalue weighted by molar-refractivity contribution is -0.152. The zero-order chi connectivity index (χ0) is 13.1. The molecule has 1 heterocycles. The van der Waals surface area contributed by atoms with Crippen LogP contribution in [0.4, 0.5) is 0 Å². The molecule has 1 aliphatic heterocycles. The minimum Gasteiger partial charge on any atom is -0.481 e. The van der Waals surface area contributed by atoms with Gasteiger partial charge in [-0.2, -0.15) is 0 Å². The summed E-state index contributed by atoms with van der Waals surface area (Å²) in [6.45, 7) is 2.85. The molecule has 100 valence electrons. The van der Waals surface area contributed by atoms with Gasteiger partial charge in [0.15, 0.2) is 0 Å². The van der Waals surface area contributed by atoms with Gasteiger partial charge in [-0.25, -0.2) is 0 Å². The number of carbonyl (C=O) groups is 2. The van der Waals surface area contributed by atoms with Gasteiger partial charge in [-0.15, -0.1) is 0 Å². The molecule has 2 aliphatic rings. The van der Waals surface area contributed by atoms with E-state index in [0.29, 0.717) is 12.8 Å². The molecule has 0 radical (unpaired) electrons. The second-order valence-electron chi connectivity index (χ2n) is 5.37. The van der Waals surface area contributed by atoms with Gasteiger partial charge in [-0.05, 0) is 39.0 Å². The second-order valence-corrected chi connectivity index (χ2v) is 5.37. The van der Waals surface area contributed by atoms with E-state index in [-0.39, 0.29) is 17.9 Å². The number of carbonyl (C=O) groups excluding carboxylic acids is 1. The number of carboxylic acids is 1. The lowest BCUT2D eigenvalue weighted by atomic mass is 9.81. The number of nitrogens with zero attached hydrogens (tertiary/aromatic N) is 1. The summed E-state index contributed by atoms with van der Waals surface area (Å²) in [5.74, 6) is -1.72. The van der Waals surface area contributed by atoms with Crippen LogP contribution in [-0.4, -0.2) is 34.5 Å². The van der Waals surface area contributed by atoms with Crippen LogP contribution in [0.15, 0.2) is 12.2 Å². The molecule has 1 aliphatic carbocycles. The molecule has 0 aromatic rings. The molecule has 0 saturated carbocycles. The molecule has 18 heavy (non-hydrogen) atoms. The molecule has 0 spiro atoms. The van der Waals surface area contributed by atoms with E-state index in [9.17, 15) is 14.7 Å². The fraction of sp³-hybridized carbons (Fsp3) is 0.714. The van der Waals surface area contributed by atoms with Crippen LogP contribution in [0.3, 0.4) is 0 Å². The molecule has 1 N–H and O–H groups in total. The predicted octanol–water partition coefficient (Wildman–Crippen LogP) is 2.05. The van der Waals surface area contributed by atoms with Gasteiger partial charge in [0.25, 0.3) is 0 Å². The first-order chi connectivity index (χ1) is 8.61. The van der Waals surface area contributed by atoms with E-state index < -0.39 is 11.9 Å². The summed E-state index contributed by atoms with van der Waals surface area (Å²) in [4.78, 5) is 25.6. The van der Waals surface area contributed by atoms with Crippen molar-refractivity contribution in [3.05, 3.63) is 12.2 Å². The van der Waals surface area contributed by atoms with Crippen LogP contribution in [0.1, 0.15) is 39.0 Å². The van der Waals surface area contributed by atoms with Gasteiger partial charge in [0.2, 0.25) is 5.91 Å². The van der Waals surface area contributed by atoms with E-state index in [1.165, 1.54) is 0 Å². The molecular formula is C14H21NO3. The van der Waals surface area contributed by atoms with Crippen molar-refractivity contribution in [3.8, 4) is 0 Å². The SMILES string of the molecule is C[C@@H]1CCCCN1C(=O)[C@@H]1CC=CC[C@@H]1C(=O)O.